The van der Waals surface area contributed by atoms with Crippen LogP contribution in [0.1, 0.15) is 23.2 Å². The summed E-state index contributed by atoms with van der Waals surface area (Å²) in [6, 6.07) is 10.7. The summed E-state index contributed by atoms with van der Waals surface area (Å²) in [6.07, 6.45) is 0. The third-order valence-electron chi connectivity index (χ3n) is 4.43. The number of nitrogens with zero attached hydrogens (tertiary/aromatic N) is 4. The number of hydrogen-bond acceptors (Lipinski definition) is 8. The maximum atomic E-state index is 12.7. The van der Waals surface area contributed by atoms with Crippen molar-refractivity contribution in [1.29, 1.82) is 0 Å². The van der Waals surface area contributed by atoms with Crippen LogP contribution in [0.15, 0.2) is 47.0 Å². The van der Waals surface area contributed by atoms with E-state index in [1.165, 1.54) is 36.3 Å². The molecule has 1 amide bonds. The van der Waals surface area contributed by atoms with Crippen LogP contribution in [0.2, 0.25) is 0 Å². The van der Waals surface area contributed by atoms with Gasteiger partial charge in [-0.25, -0.2) is 0 Å². The highest BCUT2D eigenvalue weighted by atomic mass is 16.6. The van der Waals surface area contributed by atoms with Gasteiger partial charge in [-0.3, -0.25) is 14.9 Å². The lowest BCUT2D eigenvalue weighted by molar-refractivity contribution is -0.384. The quantitative estimate of drug-likeness (QED) is 0.408. The molecule has 3 rings (SSSR count). The summed E-state index contributed by atoms with van der Waals surface area (Å²) in [4.78, 5) is 28.9. The topological polar surface area (TPSA) is 121 Å². The first-order valence-corrected chi connectivity index (χ1v) is 9.05. The standard InChI is InChI=1S/C20H20N4O6/c1-4-23(20(25)13-5-8-15(9-6-13)24(26)27)12-18-21-19(22-30-18)14-7-10-16(28-2)17(11-14)29-3/h5-11H,4,12H2,1-3H3. The van der Waals surface area contributed by atoms with Crippen molar-refractivity contribution in [2.45, 2.75) is 13.5 Å². The first-order valence-electron chi connectivity index (χ1n) is 9.05. The van der Waals surface area contributed by atoms with Crippen LogP contribution >= 0.6 is 0 Å². The van der Waals surface area contributed by atoms with E-state index in [0.29, 0.717) is 35.0 Å². The van der Waals surface area contributed by atoms with Crippen molar-refractivity contribution in [1.82, 2.24) is 15.0 Å². The Labute approximate surface area is 172 Å². The number of methoxy groups -OCH3 is 2. The molecule has 1 heterocycles. The van der Waals surface area contributed by atoms with Crippen LogP contribution in [-0.4, -0.2) is 46.6 Å². The molecule has 0 aliphatic heterocycles. The first-order chi connectivity index (χ1) is 14.5. The molecule has 2 aromatic carbocycles. The Bertz CT molecular complexity index is 1050. The molecule has 3 aromatic rings. The minimum absolute atomic E-state index is 0.0777. The highest BCUT2D eigenvalue weighted by Crippen LogP contribution is 2.31. The summed E-state index contributed by atoms with van der Waals surface area (Å²) in [5.41, 5.74) is 0.931. The summed E-state index contributed by atoms with van der Waals surface area (Å²) in [6.45, 7) is 2.31. The number of rotatable bonds is 8. The number of benzene rings is 2. The molecule has 0 spiro atoms. The molecular weight excluding hydrogens is 392 g/mol. The molecule has 10 nitrogen and oxygen atoms in total. The van der Waals surface area contributed by atoms with Crippen molar-refractivity contribution in [3.63, 3.8) is 0 Å². The Morgan fingerprint density at radius 2 is 1.83 bits per heavy atom. The molecule has 0 radical (unpaired) electrons. The van der Waals surface area contributed by atoms with Gasteiger partial charge >= 0.3 is 0 Å². The fourth-order valence-corrected chi connectivity index (χ4v) is 2.81. The number of carbonyl (C=O) groups excluding carboxylic acids is 1. The zero-order chi connectivity index (χ0) is 21.7. The van der Waals surface area contributed by atoms with Gasteiger partial charge < -0.3 is 18.9 Å². The molecule has 0 saturated carbocycles. The fraction of sp³-hybridized carbons (Fsp3) is 0.250. The van der Waals surface area contributed by atoms with Gasteiger partial charge in [0.15, 0.2) is 11.5 Å². The van der Waals surface area contributed by atoms with Crippen LogP contribution in [0, 0.1) is 10.1 Å². The molecule has 30 heavy (non-hydrogen) atoms. The number of hydrogen-bond donors (Lipinski definition) is 0. The number of nitro groups is 1. The molecular formula is C20H20N4O6. The molecule has 0 unspecified atom stereocenters. The van der Waals surface area contributed by atoms with Crippen LogP contribution in [-0.2, 0) is 6.54 Å². The molecule has 0 aliphatic carbocycles. The van der Waals surface area contributed by atoms with Crippen molar-refractivity contribution >= 4 is 11.6 Å². The predicted octanol–water partition coefficient (Wildman–Crippen LogP) is 3.32. The zero-order valence-corrected chi connectivity index (χ0v) is 16.7. The van der Waals surface area contributed by atoms with Gasteiger partial charge in [-0.1, -0.05) is 5.16 Å². The zero-order valence-electron chi connectivity index (χ0n) is 16.7. The van der Waals surface area contributed by atoms with E-state index in [9.17, 15) is 14.9 Å². The van der Waals surface area contributed by atoms with Gasteiger partial charge in [0, 0.05) is 29.8 Å². The molecule has 0 fully saturated rings. The second-order valence-electron chi connectivity index (χ2n) is 6.20. The van der Waals surface area contributed by atoms with Crippen molar-refractivity contribution in [2.75, 3.05) is 20.8 Å². The largest absolute Gasteiger partial charge is 0.493 e. The van der Waals surface area contributed by atoms with Crippen LogP contribution in [0.5, 0.6) is 11.5 Å². The van der Waals surface area contributed by atoms with E-state index >= 15 is 0 Å². The average Bonchev–Trinajstić information content (AvgIpc) is 3.25. The van der Waals surface area contributed by atoms with Crippen LogP contribution in [0.25, 0.3) is 11.4 Å². The molecule has 0 saturated heterocycles. The van der Waals surface area contributed by atoms with E-state index < -0.39 is 4.92 Å². The van der Waals surface area contributed by atoms with E-state index in [-0.39, 0.29) is 24.0 Å². The lowest BCUT2D eigenvalue weighted by Gasteiger charge is -2.18. The molecule has 0 aliphatic rings. The monoisotopic (exact) mass is 412 g/mol. The van der Waals surface area contributed by atoms with Crippen LogP contribution < -0.4 is 9.47 Å². The third kappa shape index (κ3) is 4.37. The predicted molar refractivity (Wildman–Crippen MR) is 106 cm³/mol. The molecule has 0 bridgehead atoms. The Hall–Kier alpha value is -3.95. The highest BCUT2D eigenvalue weighted by Gasteiger charge is 2.19. The summed E-state index contributed by atoms with van der Waals surface area (Å²) < 4.78 is 15.8. The summed E-state index contributed by atoms with van der Waals surface area (Å²) in [5.74, 6) is 1.43. The second-order valence-corrected chi connectivity index (χ2v) is 6.20. The third-order valence-corrected chi connectivity index (χ3v) is 4.43. The van der Waals surface area contributed by atoms with Crippen molar-refractivity contribution < 1.29 is 23.7 Å². The van der Waals surface area contributed by atoms with E-state index in [2.05, 4.69) is 10.1 Å². The van der Waals surface area contributed by atoms with Crippen molar-refractivity contribution in [2.24, 2.45) is 0 Å². The van der Waals surface area contributed by atoms with Crippen molar-refractivity contribution in [3.05, 3.63) is 64.0 Å². The van der Waals surface area contributed by atoms with Gasteiger partial charge in [-0.15, -0.1) is 0 Å². The molecule has 1 aromatic heterocycles. The van der Waals surface area contributed by atoms with Gasteiger partial charge in [-0.05, 0) is 37.3 Å². The molecule has 0 N–H and O–H groups in total. The van der Waals surface area contributed by atoms with Gasteiger partial charge in [-0.2, -0.15) is 4.98 Å². The minimum atomic E-state index is -0.514. The van der Waals surface area contributed by atoms with Crippen molar-refractivity contribution in [3.8, 4) is 22.9 Å². The number of aromatic nitrogens is 2. The van der Waals surface area contributed by atoms with E-state index in [1.54, 1.807) is 25.3 Å². The highest BCUT2D eigenvalue weighted by molar-refractivity contribution is 5.94. The number of non-ortho nitro benzene ring substituents is 1. The SMILES string of the molecule is CCN(Cc1nc(-c2ccc(OC)c(OC)c2)no1)C(=O)c1ccc([N+](=O)[O-])cc1. The van der Waals surface area contributed by atoms with Gasteiger partial charge in [0.1, 0.15) is 6.54 Å². The molecule has 10 heteroatoms. The Kier molecular flexibility index (Phi) is 6.26. The Balaban J connectivity index is 1.76. The lowest BCUT2D eigenvalue weighted by atomic mass is 10.2. The van der Waals surface area contributed by atoms with Crippen LogP contribution in [0.4, 0.5) is 5.69 Å². The number of amides is 1. The summed E-state index contributed by atoms with van der Waals surface area (Å²) in [5, 5.41) is 14.7. The van der Waals surface area contributed by atoms with Gasteiger partial charge in [0.25, 0.3) is 11.6 Å². The fourth-order valence-electron chi connectivity index (χ4n) is 2.81. The number of carbonyl (C=O) groups is 1. The maximum Gasteiger partial charge on any atom is 0.269 e. The molecule has 0 atom stereocenters. The normalized spacial score (nSPS) is 10.5. The van der Waals surface area contributed by atoms with E-state index in [4.69, 9.17) is 14.0 Å². The first kappa shape index (κ1) is 20.8. The van der Waals surface area contributed by atoms with E-state index in [0.717, 1.165) is 0 Å². The Morgan fingerprint density at radius 1 is 1.13 bits per heavy atom. The maximum absolute atomic E-state index is 12.7. The average molecular weight is 412 g/mol. The number of nitro benzene ring substituents is 1. The van der Waals surface area contributed by atoms with Crippen LogP contribution in [0.3, 0.4) is 0 Å². The van der Waals surface area contributed by atoms with Gasteiger partial charge in [0.2, 0.25) is 11.7 Å². The van der Waals surface area contributed by atoms with E-state index in [1.807, 2.05) is 6.92 Å². The smallest absolute Gasteiger partial charge is 0.269 e. The number of ether oxygens (including phenoxy) is 2. The Morgan fingerprint density at radius 3 is 2.43 bits per heavy atom. The molecule has 156 valence electrons. The second kappa shape index (κ2) is 9.03. The summed E-state index contributed by atoms with van der Waals surface area (Å²) in [7, 11) is 3.08. The minimum Gasteiger partial charge on any atom is -0.493 e. The lowest BCUT2D eigenvalue weighted by Crippen LogP contribution is -2.30. The van der Waals surface area contributed by atoms with Gasteiger partial charge in [0.05, 0.1) is 19.1 Å². The summed E-state index contributed by atoms with van der Waals surface area (Å²) >= 11 is 0.